The number of carbonyl (C=O) groups excluding carboxylic acids is 1. The van der Waals surface area contributed by atoms with Gasteiger partial charge in [-0.25, -0.2) is 9.78 Å². The molecule has 2 unspecified atom stereocenters. The van der Waals surface area contributed by atoms with Crippen molar-refractivity contribution < 1.29 is 50.5 Å². The number of likely N-dealkylation sites (tertiary alicyclic amines) is 1. The van der Waals surface area contributed by atoms with E-state index in [2.05, 4.69) is 25.7 Å². The van der Waals surface area contributed by atoms with Crippen molar-refractivity contribution in [3.05, 3.63) is 83.4 Å². The molecule has 1 aliphatic rings. The highest BCUT2D eigenvalue weighted by molar-refractivity contribution is 5.78. The minimum atomic E-state index is -5.08. The lowest BCUT2D eigenvalue weighted by molar-refractivity contribution is -0.274. The Morgan fingerprint density at radius 3 is 2.36 bits per heavy atom. The quantitative estimate of drug-likeness (QED) is 0.255. The molecule has 0 radical (unpaired) electrons. The number of piperidine rings is 1. The fourth-order valence-corrected chi connectivity index (χ4v) is 5.15. The van der Waals surface area contributed by atoms with Gasteiger partial charge in [0.2, 0.25) is 0 Å². The largest absolute Gasteiger partial charge is 0.573 e. The summed E-state index contributed by atoms with van der Waals surface area (Å²) in [7, 11) is 1.34. The van der Waals surface area contributed by atoms with Gasteiger partial charge in [-0.15, -0.1) is 13.2 Å². The third kappa shape index (κ3) is 9.46. The first kappa shape index (κ1) is 33.9. The molecule has 0 spiro atoms. The molecule has 9 nitrogen and oxygen atoms in total. The van der Waals surface area contributed by atoms with Crippen LogP contribution in [0.2, 0.25) is 0 Å². The number of carboxylic acid groups (broad SMARTS) is 1. The number of nitrogens with one attached hydrogen (secondary N) is 1. The average molecular weight is 627 g/mol. The first-order chi connectivity index (χ1) is 20.6. The molecule has 4 rings (SSSR count). The summed E-state index contributed by atoms with van der Waals surface area (Å²) in [5.74, 6) is -3.69. The molecule has 0 aliphatic carbocycles. The molecule has 2 atom stereocenters. The number of alkyl halides is 6. The van der Waals surface area contributed by atoms with Gasteiger partial charge < -0.3 is 19.6 Å². The predicted molar refractivity (Wildman–Crippen MR) is 142 cm³/mol. The smallest absolute Gasteiger partial charge is 0.475 e. The number of halogens is 6. The number of methoxy groups -OCH3 is 1. The van der Waals surface area contributed by atoms with Crippen molar-refractivity contribution in [2.45, 2.75) is 38.3 Å². The van der Waals surface area contributed by atoms with Crippen LogP contribution in [0, 0.1) is 22.7 Å². The van der Waals surface area contributed by atoms with E-state index < -0.39 is 29.9 Å². The van der Waals surface area contributed by atoms with E-state index >= 15 is 0 Å². The number of ether oxygens (including phenoxy) is 2. The van der Waals surface area contributed by atoms with Gasteiger partial charge in [0, 0.05) is 25.0 Å². The summed E-state index contributed by atoms with van der Waals surface area (Å²) in [6.07, 6.45) is -5.34. The Bertz CT molecular complexity index is 1440. The minimum Gasteiger partial charge on any atom is -0.475 e. The Morgan fingerprint density at radius 2 is 1.82 bits per heavy atom. The Morgan fingerprint density at radius 1 is 1.14 bits per heavy atom. The van der Waals surface area contributed by atoms with Crippen LogP contribution in [0.3, 0.4) is 0 Å². The first-order valence-electron chi connectivity index (χ1n) is 13.1. The van der Waals surface area contributed by atoms with Crippen molar-refractivity contribution in [1.82, 2.24) is 14.9 Å². The molecule has 0 saturated carbocycles. The lowest BCUT2D eigenvalue weighted by atomic mass is 9.64. The summed E-state index contributed by atoms with van der Waals surface area (Å²) < 4.78 is 79.6. The molecule has 2 N–H and O–H groups in total. The van der Waals surface area contributed by atoms with E-state index in [0.717, 1.165) is 11.3 Å². The van der Waals surface area contributed by atoms with Gasteiger partial charge in [-0.1, -0.05) is 24.3 Å². The topological polar surface area (TPSA) is 129 Å². The number of hydrogen-bond donors (Lipinski definition) is 2. The third-order valence-corrected chi connectivity index (χ3v) is 7.13. The summed E-state index contributed by atoms with van der Waals surface area (Å²) in [5.41, 5.74) is 2.02. The van der Waals surface area contributed by atoms with Crippen molar-refractivity contribution in [2.75, 3.05) is 20.2 Å². The van der Waals surface area contributed by atoms with Crippen LogP contribution in [0.1, 0.15) is 28.8 Å². The number of aromatic amines is 1. The standard InChI is InChI=1S/C27H27F3N4O3.C2HF3O2/c1-36-25(35)26(13-21-3-2-4-24(12-21)37-27(28,29)30)9-10-34(17-23-15-32-18-33-23)16-22(26)11-19-5-7-20(14-31)8-6-19;3-2(4,5)1(6)7/h2-8,12,15,18,22H,9-11,13,16-17H2,1H3,(H,32,33);(H,6,7). The van der Waals surface area contributed by atoms with Crippen molar-refractivity contribution in [1.29, 1.82) is 5.26 Å². The van der Waals surface area contributed by atoms with E-state index in [1.54, 1.807) is 30.7 Å². The lowest BCUT2D eigenvalue weighted by Gasteiger charge is -2.46. The molecule has 0 amide bonds. The Kier molecular flexibility index (Phi) is 11.0. The van der Waals surface area contributed by atoms with Crippen LogP contribution in [0.5, 0.6) is 5.75 Å². The molecule has 1 saturated heterocycles. The number of rotatable bonds is 8. The Balaban J connectivity index is 0.000000676. The van der Waals surface area contributed by atoms with Crippen LogP contribution in [0.15, 0.2) is 61.1 Å². The van der Waals surface area contributed by atoms with Crippen molar-refractivity contribution >= 4 is 11.9 Å². The number of carbonyl (C=O) groups is 2. The molecule has 44 heavy (non-hydrogen) atoms. The van der Waals surface area contributed by atoms with Crippen molar-refractivity contribution in [3.63, 3.8) is 0 Å². The summed E-state index contributed by atoms with van der Waals surface area (Å²) >= 11 is 0. The number of aromatic nitrogens is 2. The molecule has 0 bridgehead atoms. The molecular weight excluding hydrogens is 598 g/mol. The fourth-order valence-electron chi connectivity index (χ4n) is 5.15. The Labute approximate surface area is 248 Å². The predicted octanol–water partition coefficient (Wildman–Crippen LogP) is 5.28. The normalized spacial score (nSPS) is 18.8. The fraction of sp³-hybridized carbons (Fsp3) is 0.379. The van der Waals surface area contributed by atoms with Crippen LogP contribution >= 0.6 is 0 Å². The van der Waals surface area contributed by atoms with E-state index in [4.69, 9.17) is 19.9 Å². The highest BCUT2D eigenvalue weighted by Crippen LogP contribution is 2.43. The summed E-state index contributed by atoms with van der Waals surface area (Å²) in [4.78, 5) is 31.7. The van der Waals surface area contributed by atoms with Gasteiger partial charge in [-0.2, -0.15) is 18.4 Å². The number of H-pyrrole nitrogens is 1. The molecule has 1 aliphatic heterocycles. The maximum Gasteiger partial charge on any atom is 0.573 e. The first-order valence-corrected chi connectivity index (χ1v) is 13.1. The second-order valence-electron chi connectivity index (χ2n) is 10.1. The zero-order valence-corrected chi connectivity index (χ0v) is 23.3. The summed E-state index contributed by atoms with van der Waals surface area (Å²) in [6.45, 7) is 1.78. The van der Waals surface area contributed by atoms with E-state index in [-0.39, 0.29) is 18.1 Å². The molecule has 2 aromatic carbocycles. The molecule has 1 fully saturated rings. The number of imidazole rings is 1. The van der Waals surface area contributed by atoms with Gasteiger partial charge in [0.05, 0.1) is 30.5 Å². The molecular formula is C29H28F6N4O5. The maximum atomic E-state index is 13.4. The number of hydrogen-bond acceptors (Lipinski definition) is 7. The van der Waals surface area contributed by atoms with E-state index in [0.29, 0.717) is 43.6 Å². The summed E-state index contributed by atoms with van der Waals surface area (Å²) in [5, 5.41) is 16.3. The average Bonchev–Trinajstić information content (AvgIpc) is 3.46. The number of nitriles is 1. The van der Waals surface area contributed by atoms with Gasteiger partial charge in [0.25, 0.3) is 0 Å². The number of benzene rings is 2. The van der Waals surface area contributed by atoms with Crippen LogP contribution in [-0.2, 0) is 33.7 Å². The van der Waals surface area contributed by atoms with Crippen LogP contribution in [0.25, 0.3) is 0 Å². The zero-order valence-electron chi connectivity index (χ0n) is 23.3. The van der Waals surface area contributed by atoms with Gasteiger partial charge in [0.1, 0.15) is 5.75 Å². The molecule has 1 aromatic heterocycles. The van der Waals surface area contributed by atoms with Gasteiger partial charge in [-0.3, -0.25) is 9.69 Å². The number of nitrogens with zero attached hydrogens (tertiary/aromatic N) is 3. The molecule has 3 aromatic rings. The number of carboxylic acids is 1. The maximum absolute atomic E-state index is 13.4. The summed E-state index contributed by atoms with van der Waals surface area (Å²) in [6, 6.07) is 15.1. The van der Waals surface area contributed by atoms with E-state index in [1.807, 2.05) is 12.1 Å². The highest BCUT2D eigenvalue weighted by atomic mass is 19.4. The SMILES string of the molecule is COC(=O)C1(Cc2cccc(OC(F)(F)F)c2)CCN(Cc2cnc[nH]2)CC1Cc1ccc(C#N)cc1.O=C(O)C(F)(F)F. The van der Waals surface area contributed by atoms with Crippen molar-refractivity contribution in [3.8, 4) is 11.8 Å². The molecule has 236 valence electrons. The van der Waals surface area contributed by atoms with Crippen LogP contribution < -0.4 is 4.74 Å². The van der Waals surface area contributed by atoms with E-state index in [1.165, 1.54) is 25.3 Å². The molecule has 2 heterocycles. The van der Waals surface area contributed by atoms with Crippen LogP contribution in [0.4, 0.5) is 26.3 Å². The highest BCUT2D eigenvalue weighted by Gasteiger charge is 2.49. The monoisotopic (exact) mass is 626 g/mol. The second-order valence-corrected chi connectivity index (χ2v) is 10.1. The van der Waals surface area contributed by atoms with Crippen LogP contribution in [-0.4, -0.2) is 64.7 Å². The second kappa shape index (κ2) is 14.3. The minimum absolute atomic E-state index is 0.202. The molecule has 15 heteroatoms. The van der Waals surface area contributed by atoms with E-state index in [9.17, 15) is 31.1 Å². The number of esters is 1. The Hall–Kier alpha value is -4.58. The van der Waals surface area contributed by atoms with Gasteiger partial charge in [0.15, 0.2) is 0 Å². The lowest BCUT2D eigenvalue weighted by Crippen LogP contribution is -2.53. The third-order valence-electron chi connectivity index (χ3n) is 7.13. The van der Waals surface area contributed by atoms with Gasteiger partial charge in [-0.05, 0) is 67.1 Å². The van der Waals surface area contributed by atoms with Gasteiger partial charge >= 0.3 is 24.5 Å². The number of aliphatic carboxylic acids is 1. The zero-order chi connectivity index (χ0) is 32.5. The van der Waals surface area contributed by atoms with Crippen molar-refractivity contribution in [2.24, 2.45) is 11.3 Å².